The van der Waals surface area contributed by atoms with Gasteiger partial charge in [-0.05, 0) is 33.8 Å². The first-order valence-corrected chi connectivity index (χ1v) is 8.26. The highest BCUT2D eigenvalue weighted by molar-refractivity contribution is 5.95. The zero-order valence-corrected chi connectivity index (χ0v) is 15.0. The third-order valence-electron chi connectivity index (χ3n) is 3.63. The van der Waals surface area contributed by atoms with Gasteiger partial charge in [-0.25, -0.2) is 9.59 Å². The largest absolute Gasteiger partial charge is 0.491 e. The number of rotatable bonds is 6. The lowest BCUT2D eigenvalue weighted by Crippen LogP contribution is -2.45. The van der Waals surface area contributed by atoms with Gasteiger partial charge in [0.1, 0.15) is 12.4 Å². The normalized spacial score (nSPS) is 17.5. The first-order chi connectivity index (χ1) is 11.9. The number of ether oxygens (including phenoxy) is 2. The van der Waals surface area contributed by atoms with E-state index in [0.29, 0.717) is 22.6 Å². The molecule has 2 N–H and O–H groups in total. The average molecular weight is 344 g/mol. The zero-order valence-electron chi connectivity index (χ0n) is 15.0. The summed E-state index contributed by atoms with van der Waals surface area (Å²) in [4.78, 5) is 24.5. The van der Waals surface area contributed by atoms with E-state index in [4.69, 9.17) is 9.47 Å². The van der Waals surface area contributed by atoms with Crippen molar-refractivity contribution in [3.8, 4) is 5.75 Å². The Morgan fingerprint density at radius 2 is 2.04 bits per heavy atom. The number of allylic oxidation sites excluding steroid dienone is 2. The smallest absolute Gasteiger partial charge is 0.338 e. The highest BCUT2D eigenvalue weighted by Gasteiger charge is 2.33. The van der Waals surface area contributed by atoms with Crippen LogP contribution in [-0.4, -0.2) is 24.7 Å². The maximum absolute atomic E-state index is 12.6. The molecular formula is C19H24N2O4. The highest BCUT2D eigenvalue weighted by atomic mass is 16.5. The molecule has 0 spiro atoms. The molecule has 2 amide bonds. The van der Waals surface area contributed by atoms with Crippen molar-refractivity contribution >= 4 is 12.0 Å². The summed E-state index contributed by atoms with van der Waals surface area (Å²) in [6.45, 7) is 7.56. The Balaban J connectivity index is 2.41. The van der Waals surface area contributed by atoms with Crippen LogP contribution in [0.2, 0.25) is 0 Å². The molecule has 1 atom stereocenters. The fourth-order valence-corrected chi connectivity index (χ4v) is 2.58. The molecule has 1 aliphatic rings. The molecule has 0 radical (unpaired) electrons. The lowest BCUT2D eigenvalue weighted by Gasteiger charge is -2.29. The number of benzene rings is 1. The van der Waals surface area contributed by atoms with Gasteiger partial charge in [-0.2, -0.15) is 0 Å². The van der Waals surface area contributed by atoms with E-state index in [1.165, 1.54) is 0 Å². The Kier molecular flexibility index (Phi) is 6.22. The van der Waals surface area contributed by atoms with Crippen LogP contribution >= 0.6 is 0 Å². The second-order valence-electron chi connectivity index (χ2n) is 5.94. The van der Waals surface area contributed by atoms with Crippen LogP contribution in [0.5, 0.6) is 5.75 Å². The van der Waals surface area contributed by atoms with Crippen molar-refractivity contribution in [3.63, 3.8) is 0 Å². The van der Waals surface area contributed by atoms with Crippen LogP contribution in [0.1, 0.15) is 39.3 Å². The third-order valence-corrected chi connectivity index (χ3v) is 3.63. The van der Waals surface area contributed by atoms with Gasteiger partial charge in [-0.3, -0.25) is 0 Å². The number of hydrogen-bond acceptors (Lipinski definition) is 4. The minimum Gasteiger partial charge on any atom is -0.491 e. The van der Waals surface area contributed by atoms with Crippen molar-refractivity contribution in [3.05, 3.63) is 53.3 Å². The number of amides is 2. The molecule has 2 rings (SSSR count). The Hall–Kier alpha value is -2.76. The quantitative estimate of drug-likeness (QED) is 0.614. The van der Waals surface area contributed by atoms with Crippen LogP contribution < -0.4 is 15.4 Å². The van der Waals surface area contributed by atoms with Gasteiger partial charge in [0.05, 0.1) is 17.7 Å². The van der Waals surface area contributed by atoms with Gasteiger partial charge in [0.15, 0.2) is 0 Å². The van der Waals surface area contributed by atoms with Gasteiger partial charge >= 0.3 is 12.0 Å². The molecule has 1 unspecified atom stereocenters. The number of para-hydroxylation sites is 1. The molecule has 0 saturated heterocycles. The Bertz CT molecular complexity index is 707. The summed E-state index contributed by atoms with van der Waals surface area (Å²) < 4.78 is 11.1. The molecule has 0 saturated carbocycles. The second-order valence-corrected chi connectivity index (χ2v) is 5.94. The molecule has 1 aliphatic heterocycles. The summed E-state index contributed by atoms with van der Waals surface area (Å²) in [6.07, 6.45) is 3.51. The van der Waals surface area contributed by atoms with Crippen LogP contribution in [-0.2, 0) is 9.53 Å². The fraction of sp³-hybridized carbons (Fsp3) is 0.368. The number of hydrogen-bond donors (Lipinski definition) is 2. The SMILES string of the molecule is CC=CCOC(=O)C1=C(C)NC(=O)NC1c1ccccc1OC(C)C. The van der Waals surface area contributed by atoms with Gasteiger partial charge in [0.25, 0.3) is 0 Å². The molecule has 6 nitrogen and oxygen atoms in total. The number of carbonyl (C=O) groups is 2. The van der Waals surface area contributed by atoms with E-state index in [1.807, 2.05) is 45.0 Å². The summed E-state index contributed by atoms with van der Waals surface area (Å²) in [5.74, 6) is 0.142. The molecule has 0 aromatic heterocycles. The van der Waals surface area contributed by atoms with E-state index in [-0.39, 0.29) is 18.7 Å². The molecular weight excluding hydrogens is 320 g/mol. The molecule has 1 aromatic carbocycles. The lowest BCUT2D eigenvalue weighted by molar-refractivity contribution is -0.138. The van der Waals surface area contributed by atoms with Gasteiger partial charge < -0.3 is 20.1 Å². The average Bonchev–Trinajstić information content (AvgIpc) is 2.54. The van der Waals surface area contributed by atoms with Crippen LogP contribution in [0, 0.1) is 0 Å². The Morgan fingerprint density at radius 3 is 2.72 bits per heavy atom. The maximum atomic E-state index is 12.6. The van der Waals surface area contributed by atoms with E-state index >= 15 is 0 Å². The van der Waals surface area contributed by atoms with Crippen LogP contribution in [0.3, 0.4) is 0 Å². The number of carbonyl (C=O) groups excluding carboxylic acids is 2. The standard InChI is InChI=1S/C19H24N2O4/c1-5-6-11-24-18(22)16-13(4)20-19(23)21-17(16)14-9-7-8-10-15(14)25-12(2)3/h5-10,12,17H,11H2,1-4H3,(H2,20,21,23). The van der Waals surface area contributed by atoms with Crippen LogP contribution in [0.4, 0.5) is 4.79 Å². The zero-order chi connectivity index (χ0) is 18.4. The van der Waals surface area contributed by atoms with Crippen molar-refractivity contribution < 1.29 is 19.1 Å². The fourth-order valence-electron chi connectivity index (χ4n) is 2.58. The third kappa shape index (κ3) is 4.62. The molecule has 1 aromatic rings. The van der Waals surface area contributed by atoms with E-state index in [0.717, 1.165) is 0 Å². The molecule has 0 fully saturated rings. The predicted molar refractivity (Wildman–Crippen MR) is 95.1 cm³/mol. The van der Waals surface area contributed by atoms with Crippen LogP contribution in [0.15, 0.2) is 47.7 Å². The first-order valence-electron chi connectivity index (χ1n) is 8.26. The van der Waals surface area contributed by atoms with E-state index in [1.54, 1.807) is 19.1 Å². The summed E-state index contributed by atoms with van der Waals surface area (Å²) in [7, 11) is 0. The predicted octanol–water partition coefficient (Wildman–Crippen LogP) is 3.22. The molecule has 6 heteroatoms. The number of urea groups is 1. The van der Waals surface area contributed by atoms with E-state index in [9.17, 15) is 9.59 Å². The van der Waals surface area contributed by atoms with Gasteiger partial charge in [0.2, 0.25) is 0 Å². The van der Waals surface area contributed by atoms with Crippen molar-refractivity contribution in [1.29, 1.82) is 0 Å². The Labute approximate surface area is 147 Å². The molecule has 0 aliphatic carbocycles. The number of nitrogens with one attached hydrogen (secondary N) is 2. The Morgan fingerprint density at radius 1 is 1.32 bits per heavy atom. The molecule has 0 bridgehead atoms. The first kappa shape index (κ1) is 18.6. The summed E-state index contributed by atoms with van der Waals surface area (Å²) in [5.41, 5.74) is 1.55. The van der Waals surface area contributed by atoms with Gasteiger partial charge in [-0.1, -0.05) is 30.4 Å². The van der Waals surface area contributed by atoms with Crippen molar-refractivity contribution in [2.24, 2.45) is 0 Å². The molecule has 134 valence electrons. The van der Waals surface area contributed by atoms with Gasteiger partial charge in [-0.15, -0.1) is 0 Å². The summed E-state index contributed by atoms with van der Waals surface area (Å²) in [5, 5.41) is 5.42. The summed E-state index contributed by atoms with van der Waals surface area (Å²) >= 11 is 0. The van der Waals surface area contributed by atoms with E-state index in [2.05, 4.69) is 10.6 Å². The van der Waals surface area contributed by atoms with Crippen LogP contribution in [0.25, 0.3) is 0 Å². The van der Waals surface area contributed by atoms with Crippen molar-refractivity contribution in [2.75, 3.05) is 6.61 Å². The second kappa shape index (κ2) is 8.37. The minimum absolute atomic E-state index is 0.0336. The van der Waals surface area contributed by atoms with Crippen molar-refractivity contribution in [2.45, 2.75) is 39.8 Å². The highest BCUT2D eigenvalue weighted by Crippen LogP contribution is 2.33. The monoisotopic (exact) mass is 344 g/mol. The summed E-state index contributed by atoms with van der Waals surface area (Å²) in [6, 6.07) is 6.34. The van der Waals surface area contributed by atoms with Gasteiger partial charge in [0, 0.05) is 11.3 Å². The lowest BCUT2D eigenvalue weighted by atomic mass is 9.95. The topological polar surface area (TPSA) is 76.7 Å². The maximum Gasteiger partial charge on any atom is 0.338 e. The molecule has 1 heterocycles. The van der Waals surface area contributed by atoms with Crippen molar-refractivity contribution in [1.82, 2.24) is 10.6 Å². The van der Waals surface area contributed by atoms with E-state index < -0.39 is 12.0 Å². The molecule has 25 heavy (non-hydrogen) atoms. The number of esters is 1. The minimum atomic E-state index is -0.637.